The van der Waals surface area contributed by atoms with E-state index in [9.17, 15) is 5.26 Å². The molecule has 0 radical (unpaired) electrons. The molecule has 0 amide bonds. The van der Waals surface area contributed by atoms with Crippen LogP contribution in [0.2, 0.25) is 0 Å². The van der Waals surface area contributed by atoms with Gasteiger partial charge in [-0.3, -0.25) is 9.80 Å². The second-order valence-corrected chi connectivity index (χ2v) is 9.21. The van der Waals surface area contributed by atoms with Gasteiger partial charge in [-0.1, -0.05) is 12.1 Å². The highest BCUT2D eigenvalue weighted by atomic mass is 32.1. The van der Waals surface area contributed by atoms with Gasteiger partial charge in [0.25, 0.3) is 0 Å². The number of fused-ring (bicyclic) bond motifs is 1. The van der Waals surface area contributed by atoms with Gasteiger partial charge >= 0.3 is 0 Å². The fraction of sp³-hybridized carbons (Fsp3) is 0.478. The summed E-state index contributed by atoms with van der Waals surface area (Å²) in [5.74, 6) is 0.223. The number of morpholine rings is 1. The quantitative estimate of drug-likeness (QED) is 0.567. The van der Waals surface area contributed by atoms with Gasteiger partial charge in [0.2, 0.25) is 5.95 Å². The maximum Gasteiger partial charge on any atom is 0.225 e. The number of aromatic nitrogens is 3. The molecule has 2 aliphatic rings. The molecule has 4 heterocycles. The monoisotopic (exact) mass is 449 g/mol. The van der Waals surface area contributed by atoms with Crippen LogP contribution >= 0.6 is 11.3 Å². The minimum atomic E-state index is -0.482. The molecule has 0 aliphatic carbocycles. The standard InChI is InChI=1S/C23H27N7OS/c24-17-18(22-26-20-3-1-2-4-21(20)32-22)19-5-6-25-23(27-19)30-11-9-28(10-12-30)7-8-29-13-15-31-16-14-29/h1-6,18H,7-16H2. The molecule has 5 rings (SSSR count). The second kappa shape index (κ2) is 9.88. The van der Waals surface area contributed by atoms with Crippen molar-refractivity contribution in [2.45, 2.75) is 5.92 Å². The number of hydrogen-bond donors (Lipinski definition) is 0. The maximum atomic E-state index is 9.88. The number of hydrogen-bond acceptors (Lipinski definition) is 9. The van der Waals surface area contributed by atoms with Crippen LogP contribution in [0.1, 0.15) is 16.6 Å². The topological polar surface area (TPSA) is 81.4 Å². The summed E-state index contributed by atoms with van der Waals surface area (Å²) in [5.41, 5.74) is 1.64. The van der Waals surface area contributed by atoms with Gasteiger partial charge in [-0.25, -0.2) is 15.0 Å². The Balaban J connectivity index is 1.22. The van der Waals surface area contributed by atoms with E-state index in [1.165, 1.54) is 0 Å². The minimum absolute atomic E-state index is 0.482. The number of ether oxygens (including phenoxy) is 1. The van der Waals surface area contributed by atoms with Gasteiger partial charge in [0.05, 0.1) is 35.2 Å². The first-order chi connectivity index (χ1) is 15.8. The van der Waals surface area contributed by atoms with Crippen molar-refractivity contribution in [1.82, 2.24) is 24.8 Å². The molecule has 166 valence electrons. The van der Waals surface area contributed by atoms with Gasteiger partial charge in [0, 0.05) is 58.6 Å². The largest absolute Gasteiger partial charge is 0.379 e. The third-order valence-corrected chi connectivity index (χ3v) is 7.24. The summed E-state index contributed by atoms with van der Waals surface area (Å²) in [5, 5.41) is 10.7. The SMILES string of the molecule is N#CC(c1ccnc(N2CCN(CCN3CCOCC3)CC2)n1)c1nc2ccccc2s1. The smallest absolute Gasteiger partial charge is 0.225 e. The van der Waals surface area contributed by atoms with E-state index in [0.29, 0.717) is 11.6 Å². The Morgan fingerprint density at radius 1 is 0.969 bits per heavy atom. The maximum absolute atomic E-state index is 9.88. The van der Waals surface area contributed by atoms with Crippen molar-refractivity contribution in [3.8, 4) is 6.07 Å². The molecule has 8 nitrogen and oxygen atoms in total. The molecule has 2 aliphatic heterocycles. The summed E-state index contributed by atoms with van der Waals surface area (Å²) >= 11 is 1.56. The number of para-hydroxylation sites is 1. The van der Waals surface area contributed by atoms with Crippen molar-refractivity contribution in [1.29, 1.82) is 5.26 Å². The highest BCUT2D eigenvalue weighted by Crippen LogP contribution is 2.31. The predicted octanol–water partition coefficient (Wildman–Crippen LogP) is 2.20. The van der Waals surface area contributed by atoms with E-state index < -0.39 is 5.92 Å². The van der Waals surface area contributed by atoms with E-state index in [-0.39, 0.29) is 0 Å². The third kappa shape index (κ3) is 4.74. The summed E-state index contributed by atoms with van der Waals surface area (Å²) in [4.78, 5) is 21.2. The van der Waals surface area contributed by atoms with Crippen LogP contribution in [0.4, 0.5) is 5.95 Å². The molecule has 0 bridgehead atoms. The van der Waals surface area contributed by atoms with Gasteiger partial charge in [-0.2, -0.15) is 5.26 Å². The lowest BCUT2D eigenvalue weighted by Gasteiger charge is -2.36. The van der Waals surface area contributed by atoms with Gasteiger partial charge in [0.15, 0.2) is 0 Å². The Labute approximate surface area is 192 Å². The van der Waals surface area contributed by atoms with E-state index in [2.05, 4.69) is 30.7 Å². The van der Waals surface area contributed by atoms with Crippen LogP contribution in [0.15, 0.2) is 36.5 Å². The zero-order chi connectivity index (χ0) is 21.8. The summed E-state index contributed by atoms with van der Waals surface area (Å²) in [6, 6.07) is 12.2. The highest BCUT2D eigenvalue weighted by molar-refractivity contribution is 7.18. The van der Waals surface area contributed by atoms with Crippen LogP contribution in [-0.4, -0.2) is 90.3 Å². The summed E-state index contributed by atoms with van der Waals surface area (Å²) < 4.78 is 6.52. The molecule has 32 heavy (non-hydrogen) atoms. The van der Waals surface area contributed by atoms with Gasteiger partial charge in [-0.15, -0.1) is 11.3 Å². The number of benzene rings is 1. The van der Waals surface area contributed by atoms with Crippen molar-refractivity contribution in [2.24, 2.45) is 0 Å². The first kappa shape index (κ1) is 21.2. The Morgan fingerprint density at radius 2 is 1.72 bits per heavy atom. The fourth-order valence-corrected chi connectivity index (χ4v) is 5.24. The molecule has 2 saturated heterocycles. The Bertz CT molecular complexity index is 1050. The molecule has 1 unspecified atom stereocenters. The zero-order valence-corrected chi connectivity index (χ0v) is 18.9. The van der Waals surface area contributed by atoms with Gasteiger partial charge in [-0.05, 0) is 18.2 Å². The summed E-state index contributed by atoms with van der Waals surface area (Å²) in [6.45, 7) is 9.74. The summed E-state index contributed by atoms with van der Waals surface area (Å²) in [6.07, 6.45) is 1.76. The number of thiazole rings is 1. The molecule has 3 aromatic rings. The van der Waals surface area contributed by atoms with Crippen molar-refractivity contribution >= 4 is 27.5 Å². The lowest BCUT2D eigenvalue weighted by Crippen LogP contribution is -2.49. The number of nitrogens with zero attached hydrogens (tertiary/aromatic N) is 7. The van der Waals surface area contributed by atoms with Crippen LogP contribution in [0.5, 0.6) is 0 Å². The Kier molecular flexibility index (Phi) is 6.55. The van der Waals surface area contributed by atoms with Crippen LogP contribution in [0.3, 0.4) is 0 Å². The first-order valence-electron chi connectivity index (χ1n) is 11.2. The van der Waals surface area contributed by atoms with Crippen LogP contribution in [0, 0.1) is 11.3 Å². The second-order valence-electron chi connectivity index (χ2n) is 8.15. The van der Waals surface area contributed by atoms with Crippen molar-refractivity contribution in [3.05, 3.63) is 47.2 Å². The molecule has 0 N–H and O–H groups in total. The van der Waals surface area contributed by atoms with Crippen LogP contribution < -0.4 is 4.90 Å². The van der Waals surface area contributed by atoms with Gasteiger partial charge < -0.3 is 9.64 Å². The minimum Gasteiger partial charge on any atom is -0.379 e. The first-order valence-corrected chi connectivity index (χ1v) is 12.0. The normalized spacial score (nSPS) is 19.2. The number of piperazine rings is 1. The Morgan fingerprint density at radius 3 is 2.47 bits per heavy atom. The molecular weight excluding hydrogens is 422 g/mol. The van der Waals surface area contributed by atoms with Crippen LogP contribution in [0.25, 0.3) is 10.2 Å². The number of rotatable bonds is 6. The van der Waals surface area contributed by atoms with Gasteiger partial charge in [0.1, 0.15) is 10.9 Å². The molecule has 1 atom stereocenters. The predicted molar refractivity (Wildman–Crippen MR) is 125 cm³/mol. The molecule has 2 fully saturated rings. The lowest BCUT2D eigenvalue weighted by atomic mass is 10.1. The molecule has 1 aromatic carbocycles. The molecule has 9 heteroatoms. The van der Waals surface area contributed by atoms with Crippen molar-refractivity contribution in [3.63, 3.8) is 0 Å². The zero-order valence-electron chi connectivity index (χ0n) is 18.1. The molecule has 2 aromatic heterocycles. The average molecular weight is 450 g/mol. The average Bonchev–Trinajstić information content (AvgIpc) is 3.28. The summed E-state index contributed by atoms with van der Waals surface area (Å²) in [7, 11) is 0. The highest BCUT2D eigenvalue weighted by Gasteiger charge is 2.23. The Hall–Kier alpha value is -2.64. The van der Waals surface area contributed by atoms with E-state index in [4.69, 9.17) is 9.72 Å². The van der Waals surface area contributed by atoms with E-state index >= 15 is 0 Å². The van der Waals surface area contributed by atoms with Crippen LogP contribution in [-0.2, 0) is 4.74 Å². The van der Waals surface area contributed by atoms with Crippen molar-refractivity contribution < 1.29 is 4.74 Å². The lowest BCUT2D eigenvalue weighted by molar-refractivity contribution is 0.0331. The molecule has 0 spiro atoms. The third-order valence-electron chi connectivity index (χ3n) is 6.14. The van der Waals surface area contributed by atoms with E-state index in [0.717, 1.165) is 80.8 Å². The van der Waals surface area contributed by atoms with Crippen molar-refractivity contribution in [2.75, 3.05) is 70.5 Å². The molecule has 0 saturated carbocycles. The number of anilines is 1. The molecular formula is C23H27N7OS. The fourth-order valence-electron chi connectivity index (χ4n) is 4.22. The van der Waals surface area contributed by atoms with E-state index in [1.807, 2.05) is 30.3 Å². The van der Waals surface area contributed by atoms with E-state index in [1.54, 1.807) is 17.5 Å². The number of nitriles is 1.